The van der Waals surface area contributed by atoms with Gasteiger partial charge in [-0.1, -0.05) is 29.4 Å². The van der Waals surface area contributed by atoms with E-state index in [0.29, 0.717) is 12.0 Å². The second-order valence-electron chi connectivity index (χ2n) is 4.97. The van der Waals surface area contributed by atoms with Crippen LogP contribution in [-0.4, -0.2) is 22.5 Å². The summed E-state index contributed by atoms with van der Waals surface area (Å²) in [5, 5.41) is 14.5. The molecule has 1 amide bonds. The van der Waals surface area contributed by atoms with Crippen LogP contribution in [0.1, 0.15) is 30.9 Å². The van der Waals surface area contributed by atoms with Crippen molar-refractivity contribution in [2.45, 2.75) is 31.7 Å². The number of rotatable bonds is 4. The molecule has 1 aliphatic carbocycles. The second-order valence-corrected chi connectivity index (χ2v) is 4.97. The predicted molar refractivity (Wildman–Crippen MR) is 68.4 cm³/mol. The topological polar surface area (TPSA) is 87.7 Å². The molecular weight excluding hydrogens is 230 g/mol. The van der Waals surface area contributed by atoms with Crippen LogP contribution in [0.2, 0.25) is 0 Å². The molecule has 0 unspecified atom stereocenters. The van der Waals surface area contributed by atoms with Gasteiger partial charge in [-0.2, -0.15) is 0 Å². The molecule has 96 valence electrons. The Balaban J connectivity index is 1.95. The van der Waals surface area contributed by atoms with Gasteiger partial charge in [-0.15, -0.1) is 0 Å². The number of nitrogens with two attached hydrogens (primary N) is 1. The molecule has 5 nitrogen and oxygen atoms in total. The van der Waals surface area contributed by atoms with Crippen molar-refractivity contribution in [3.63, 3.8) is 0 Å². The molecule has 18 heavy (non-hydrogen) atoms. The zero-order chi connectivity index (χ0) is 13.2. The number of amides is 1. The molecule has 1 fully saturated rings. The minimum absolute atomic E-state index is 0.0188. The molecule has 0 atom stereocenters. The van der Waals surface area contributed by atoms with Crippen LogP contribution in [0.4, 0.5) is 0 Å². The zero-order valence-electron chi connectivity index (χ0n) is 10.3. The number of carbonyl (C=O) groups is 1. The Morgan fingerprint density at radius 3 is 2.56 bits per heavy atom. The third-order valence-electron chi connectivity index (χ3n) is 3.16. The lowest BCUT2D eigenvalue weighted by Gasteiger charge is -2.11. The maximum absolute atomic E-state index is 11.7. The number of nitrogens with zero attached hydrogens (tertiary/aromatic N) is 1. The zero-order valence-corrected chi connectivity index (χ0v) is 10.3. The number of carbonyl (C=O) groups excluding carboxylic acids is 1. The van der Waals surface area contributed by atoms with Crippen LogP contribution in [0.3, 0.4) is 0 Å². The number of hydrogen-bond acceptors (Lipinski definition) is 3. The van der Waals surface area contributed by atoms with Crippen LogP contribution in [0.25, 0.3) is 0 Å². The van der Waals surface area contributed by atoms with Crippen molar-refractivity contribution >= 4 is 11.7 Å². The first-order chi connectivity index (χ1) is 8.52. The van der Waals surface area contributed by atoms with Gasteiger partial charge in [0, 0.05) is 11.1 Å². The molecular formula is C13H17N3O2. The van der Waals surface area contributed by atoms with E-state index in [1.807, 2.05) is 19.1 Å². The van der Waals surface area contributed by atoms with Gasteiger partial charge < -0.3 is 16.3 Å². The Hall–Kier alpha value is -2.04. The lowest BCUT2D eigenvalue weighted by Crippen LogP contribution is -2.35. The molecule has 0 bridgehead atoms. The Labute approximate surface area is 106 Å². The van der Waals surface area contributed by atoms with Crippen molar-refractivity contribution in [1.82, 2.24) is 5.32 Å². The molecule has 0 heterocycles. The van der Waals surface area contributed by atoms with Crippen LogP contribution < -0.4 is 11.1 Å². The molecule has 0 aliphatic heterocycles. The summed E-state index contributed by atoms with van der Waals surface area (Å²) < 4.78 is 0. The molecule has 1 aromatic rings. The van der Waals surface area contributed by atoms with Gasteiger partial charge in [-0.3, -0.25) is 4.79 Å². The van der Waals surface area contributed by atoms with Gasteiger partial charge in [0.2, 0.25) is 5.91 Å². The molecule has 0 spiro atoms. The number of oxime groups is 1. The summed E-state index contributed by atoms with van der Waals surface area (Å²) in [7, 11) is 0. The fraction of sp³-hybridized carbons (Fsp3) is 0.385. The largest absolute Gasteiger partial charge is 0.409 e. The van der Waals surface area contributed by atoms with Gasteiger partial charge >= 0.3 is 0 Å². The van der Waals surface area contributed by atoms with E-state index in [9.17, 15) is 4.79 Å². The third-order valence-corrected chi connectivity index (χ3v) is 3.16. The van der Waals surface area contributed by atoms with E-state index in [1.165, 1.54) is 0 Å². The highest BCUT2D eigenvalue weighted by molar-refractivity contribution is 5.97. The van der Waals surface area contributed by atoms with E-state index >= 15 is 0 Å². The normalized spacial score (nSPS) is 17.3. The van der Waals surface area contributed by atoms with E-state index in [0.717, 1.165) is 18.4 Å². The summed E-state index contributed by atoms with van der Waals surface area (Å²) in [5.41, 5.74) is 7.02. The fourth-order valence-electron chi connectivity index (χ4n) is 1.73. The van der Waals surface area contributed by atoms with E-state index in [4.69, 9.17) is 10.9 Å². The first-order valence-electron chi connectivity index (χ1n) is 5.90. The molecule has 1 aliphatic rings. The summed E-state index contributed by atoms with van der Waals surface area (Å²) in [6, 6.07) is 7.08. The Morgan fingerprint density at radius 2 is 2.06 bits per heavy atom. The van der Waals surface area contributed by atoms with E-state index in [2.05, 4.69) is 10.5 Å². The summed E-state index contributed by atoms with van der Waals surface area (Å²) in [6.07, 6.45) is 2.47. The van der Waals surface area contributed by atoms with Crippen LogP contribution >= 0.6 is 0 Å². The molecule has 4 N–H and O–H groups in total. The standard InChI is InChI=1S/C13H17N3O2/c1-13(6-7-13)15-11(17)8-9-2-4-10(5-3-9)12(14)16-18/h2-5,18H,6-8H2,1H3,(H2,14,16)(H,15,17). The number of nitrogens with one attached hydrogen (secondary N) is 1. The summed E-state index contributed by atoms with van der Waals surface area (Å²) in [6.45, 7) is 2.05. The quantitative estimate of drug-likeness (QED) is 0.321. The minimum Gasteiger partial charge on any atom is -0.409 e. The molecule has 0 radical (unpaired) electrons. The third kappa shape index (κ3) is 3.00. The maximum atomic E-state index is 11.7. The van der Waals surface area contributed by atoms with Crippen LogP contribution in [-0.2, 0) is 11.2 Å². The van der Waals surface area contributed by atoms with Crippen LogP contribution in [0.5, 0.6) is 0 Å². The number of amidine groups is 1. The highest BCUT2D eigenvalue weighted by Gasteiger charge is 2.38. The fourth-order valence-corrected chi connectivity index (χ4v) is 1.73. The van der Waals surface area contributed by atoms with E-state index < -0.39 is 0 Å². The maximum Gasteiger partial charge on any atom is 0.224 e. The number of hydrogen-bond donors (Lipinski definition) is 3. The van der Waals surface area contributed by atoms with Crippen molar-refractivity contribution in [3.05, 3.63) is 35.4 Å². The van der Waals surface area contributed by atoms with Crippen molar-refractivity contribution in [1.29, 1.82) is 0 Å². The van der Waals surface area contributed by atoms with Gasteiger partial charge in [0.25, 0.3) is 0 Å². The minimum atomic E-state index is 0.0188. The van der Waals surface area contributed by atoms with Crippen molar-refractivity contribution in [3.8, 4) is 0 Å². The molecule has 0 aromatic heterocycles. The summed E-state index contributed by atoms with van der Waals surface area (Å²) in [4.78, 5) is 11.7. The van der Waals surface area contributed by atoms with Crippen molar-refractivity contribution in [2.75, 3.05) is 0 Å². The van der Waals surface area contributed by atoms with Gasteiger partial charge in [0.15, 0.2) is 5.84 Å². The van der Waals surface area contributed by atoms with Crippen LogP contribution in [0, 0.1) is 0 Å². The lowest BCUT2D eigenvalue weighted by molar-refractivity contribution is -0.121. The molecule has 1 aromatic carbocycles. The Bertz CT molecular complexity index is 476. The number of benzene rings is 1. The van der Waals surface area contributed by atoms with Gasteiger partial charge in [0.1, 0.15) is 0 Å². The Kier molecular flexibility index (Phi) is 3.23. The van der Waals surface area contributed by atoms with Gasteiger partial charge in [0.05, 0.1) is 6.42 Å². The van der Waals surface area contributed by atoms with E-state index in [1.54, 1.807) is 12.1 Å². The molecule has 0 saturated heterocycles. The average molecular weight is 247 g/mol. The predicted octanol–water partition coefficient (Wildman–Crippen LogP) is 0.992. The van der Waals surface area contributed by atoms with Crippen LogP contribution in [0.15, 0.2) is 29.4 Å². The van der Waals surface area contributed by atoms with Gasteiger partial charge in [-0.25, -0.2) is 0 Å². The first kappa shape index (κ1) is 12.4. The highest BCUT2D eigenvalue weighted by atomic mass is 16.4. The SMILES string of the molecule is CC1(NC(=O)Cc2ccc(/C(N)=N/O)cc2)CC1. The first-order valence-corrected chi connectivity index (χ1v) is 5.90. The molecule has 1 saturated carbocycles. The smallest absolute Gasteiger partial charge is 0.224 e. The van der Waals surface area contributed by atoms with Crippen molar-refractivity contribution < 1.29 is 10.0 Å². The lowest BCUT2D eigenvalue weighted by atomic mass is 10.1. The summed E-state index contributed by atoms with van der Waals surface area (Å²) in [5.74, 6) is 0.100. The van der Waals surface area contributed by atoms with E-state index in [-0.39, 0.29) is 17.3 Å². The second kappa shape index (κ2) is 4.68. The van der Waals surface area contributed by atoms with Gasteiger partial charge in [-0.05, 0) is 25.3 Å². The highest BCUT2D eigenvalue weighted by Crippen LogP contribution is 2.34. The average Bonchev–Trinajstić information content (AvgIpc) is 3.06. The summed E-state index contributed by atoms with van der Waals surface area (Å²) >= 11 is 0. The van der Waals surface area contributed by atoms with Crippen molar-refractivity contribution in [2.24, 2.45) is 10.9 Å². The molecule has 2 rings (SSSR count). The Morgan fingerprint density at radius 1 is 1.44 bits per heavy atom. The molecule has 5 heteroatoms. The monoisotopic (exact) mass is 247 g/mol.